The summed E-state index contributed by atoms with van der Waals surface area (Å²) < 4.78 is 36.9. The quantitative estimate of drug-likeness (QED) is 0.663. The Balaban J connectivity index is 1.56. The van der Waals surface area contributed by atoms with Gasteiger partial charge in [0.05, 0.1) is 18.4 Å². The first-order valence-electron chi connectivity index (χ1n) is 8.35. The highest BCUT2D eigenvalue weighted by molar-refractivity contribution is 5.93. The van der Waals surface area contributed by atoms with Crippen LogP contribution in [0.3, 0.4) is 0 Å². The summed E-state index contributed by atoms with van der Waals surface area (Å²) >= 11 is 0. The van der Waals surface area contributed by atoms with Crippen molar-refractivity contribution in [2.45, 2.75) is 19.8 Å². The van der Waals surface area contributed by atoms with E-state index in [4.69, 9.17) is 9.15 Å². The first kappa shape index (κ1) is 18.6. The summed E-state index contributed by atoms with van der Waals surface area (Å²) in [6.45, 7) is 1.42. The van der Waals surface area contributed by atoms with Crippen LogP contribution in [0.2, 0.25) is 0 Å². The fourth-order valence-electron chi connectivity index (χ4n) is 2.62. The third-order valence-electron chi connectivity index (χ3n) is 4.03. The van der Waals surface area contributed by atoms with Crippen LogP contribution in [0.4, 0.5) is 14.5 Å². The Kier molecular flexibility index (Phi) is 5.49. The van der Waals surface area contributed by atoms with E-state index in [-0.39, 0.29) is 12.1 Å². The third-order valence-corrected chi connectivity index (χ3v) is 4.03. The van der Waals surface area contributed by atoms with Crippen molar-refractivity contribution in [2.75, 3.05) is 11.9 Å². The molecule has 0 fully saturated rings. The zero-order chi connectivity index (χ0) is 19.4. The van der Waals surface area contributed by atoms with E-state index in [0.717, 1.165) is 35.6 Å². The van der Waals surface area contributed by atoms with Crippen LogP contribution in [0.15, 0.2) is 47.1 Å². The van der Waals surface area contributed by atoms with Gasteiger partial charge in [0.15, 0.2) is 6.61 Å². The summed E-state index contributed by atoms with van der Waals surface area (Å²) in [6.07, 6.45) is 2.28. The number of benzene rings is 2. The molecule has 3 aromatic rings. The molecule has 1 heterocycles. The predicted octanol–water partition coefficient (Wildman–Crippen LogP) is 4.00. The minimum absolute atomic E-state index is 0.0694. The van der Waals surface area contributed by atoms with Gasteiger partial charge in [0.1, 0.15) is 17.2 Å². The number of rotatable bonds is 6. The average Bonchev–Trinajstić information content (AvgIpc) is 3.05. The lowest BCUT2D eigenvalue weighted by Crippen LogP contribution is -2.22. The van der Waals surface area contributed by atoms with Gasteiger partial charge in [-0.05, 0) is 30.2 Å². The maximum atomic E-state index is 13.5. The molecule has 1 amide bonds. The van der Waals surface area contributed by atoms with Gasteiger partial charge in [-0.1, -0.05) is 19.1 Å². The van der Waals surface area contributed by atoms with Crippen LogP contribution < -0.4 is 5.32 Å². The van der Waals surface area contributed by atoms with Crippen molar-refractivity contribution in [2.24, 2.45) is 0 Å². The van der Waals surface area contributed by atoms with Gasteiger partial charge in [-0.15, -0.1) is 0 Å². The fourth-order valence-corrected chi connectivity index (χ4v) is 2.62. The first-order chi connectivity index (χ1) is 13.0. The second-order valence-electron chi connectivity index (χ2n) is 5.95. The number of furan rings is 1. The fraction of sp³-hybridized carbons (Fsp3) is 0.200. The number of esters is 1. The molecule has 2 aromatic carbocycles. The molecule has 0 spiro atoms. The van der Waals surface area contributed by atoms with E-state index in [9.17, 15) is 18.4 Å². The summed E-state index contributed by atoms with van der Waals surface area (Å²) in [5.41, 5.74) is 2.13. The Morgan fingerprint density at radius 1 is 1.15 bits per heavy atom. The molecule has 5 nitrogen and oxygen atoms in total. The Bertz CT molecular complexity index is 997. The van der Waals surface area contributed by atoms with Gasteiger partial charge in [-0.25, -0.2) is 8.78 Å². The lowest BCUT2D eigenvalue weighted by atomic mass is 10.1. The molecule has 0 radical (unpaired) electrons. The van der Waals surface area contributed by atoms with Gasteiger partial charge in [-0.2, -0.15) is 0 Å². The number of anilines is 1. The molecule has 7 heteroatoms. The van der Waals surface area contributed by atoms with Crippen molar-refractivity contribution in [1.82, 2.24) is 0 Å². The van der Waals surface area contributed by atoms with Crippen molar-refractivity contribution in [3.63, 3.8) is 0 Å². The maximum absolute atomic E-state index is 13.5. The highest BCUT2D eigenvalue weighted by Gasteiger charge is 2.14. The summed E-state index contributed by atoms with van der Waals surface area (Å²) in [4.78, 5) is 23.7. The van der Waals surface area contributed by atoms with Gasteiger partial charge in [0.2, 0.25) is 0 Å². The molecule has 1 aromatic heterocycles. The van der Waals surface area contributed by atoms with Crippen LogP contribution in [-0.4, -0.2) is 18.5 Å². The van der Waals surface area contributed by atoms with Crippen molar-refractivity contribution < 1.29 is 27.5 Å². The Hall–Kier alpha value is -3.22. The van der Waals surface area contributed by atoms with Crippen LogP contribution in [0.5, 0.6) is 0 Å². The Morgan fingerprint density at radius 3 is 2.74 bits per heavy atom. The van der Waals surface area contributed by atoms with E-state index < -0.39 is 30.1 Å². The SMILES string of the molecule is CCc1ccc2c(CC(=O)OCC(=O)Nc3cc(F)ccc3F)coc2c1. The number of nitrogens with one attached hydrogen (secondary N) is 1. The van der Waals surface area contributed by atoms with Crippen molar-refractivity contribution >= 4 is 28.5 Å². The first-order valence-corrected chi connectivity index (χ1v) is 8.35. The molecule has 0 atom stereocenters. The smallest absolute Gasteiger partial charge is 0.310 e. The van der Waals surface area contributed by atoms with E-state index in [1.807, 2.05) is 25.1 Å². The number of fused-ring (bicyclic) bond motifs is 1. The minimum Gasteiger partial charge on any atom is -0.464 e. The molecule has 0 aliphatic rings. The van der Waals surface area contributed by atoms with E-state index in [2.05, 4.69) is 5.32 Å². The number of carbonyl (C=O) groups excluding carboxylic acids is 2. The molecular formula is C20H17F2NO4. The highest BCUT2D eigenvalue weighted by atomic mass is 19.1. The average molecular weight is 373 g/mol. The number of ether oxygens (including phenoxy) is 1. The number of hydrogen-bond acceptors (Lipinski definition) is 4. The van der Waals surface area contributed by atoms with Crippen molar-refractivity contribution in [1.29, 1.82) is 0 Å². The van der Waals surface area contributed by atoms with Crippen LogP contribution >= 0.6 is 0 Å². The molecule has 0 bridgehead atoms. The molecule has 3 rings (SSSR count). The van der Waals surface area contributed by atoms with Gasteiger partial charge in [0.25, 0.3) is 5.91 Å². The number of carbonyl (C=O) groups is 2. The topological polar surface area (TPSA) is 68.5 Å². The van der Waals surface area contributed by atoms with Crippen LogP contribution in [0, 0.1) is 11.6 Å². The molecule has 0 aliphatic carbocycles. The molecule has 140 valence electrons. The van der Waals surface area contributed by atoms with Gasteiger partial charge in [0, 0.05) is 17.0 Å². The van der Waals surface area contributed by atoms with Gasteiger partial charge >= 0.3 is 5.97 Å². The maximum Gasteiger partial charge on any atom is 0.310 e. The van der Waals surface area contributed by atoms with Crippen LogP contribution in [0.25, 0.3) is 11.0 Å². The standard InChI is InChI=1S/C20H17F2NO4/c1-2-12-3-5-15-13(10-26-18(15)7-12)8-20(25)27-11-19(24)23-17-9-14(21)4-6-16(17)22/h3-7,9-10H,2,8,11H2,1H3,(H,23,24). The zero-order valence-corrected chi connectivity index (χ0v) is 14.6. The highest BCUT2D eigenvalue weighted by Crippen LogP contribution is 2.23. The number of amides is 1. The second kappa shape index (κ2) is 7.99. The number of halogens is 2. The third kappa shape index (κ3) is 4.49. The normalized spacial score (nSPS) is 10.8. The Labute approximate surface area is 153 Å². The number of hydrogen-bond donors (Lipinski definition) is 1. The predicted molar refractivity (Wildman–Crippen MR) is 95.2 cm³/mol. The van der Waals surface area contributed by atoms with E-state index in [1.165, 1.54) is 6.26 Å². The number of aryl methyl sites for hydroxylation is 1. The van der Waals surface area contributed by atoms with E-state index >= 15 is 0 Å². The molecule has 0 aliphatic heterocycles. The van der Waals surface area contributed by atoms with Gasteiger partial charge < -0.3 is 14.5 Å². The van der Waals surface area contributed by atoms with E-state index in [1.54, 1.807) is 0 Å². The lowest BCUT2D eigenvalue weighted by molar-refractivity contribution is -0.146. The molecule has 27 heavy (non-hydrogen) atoms. The van der Waals surface area contributed by atoms with Gasteiger partial charge in [-0.3, -0.25) is 9.59 Å². The summed E-state index contributed by atoms with van der Waals surface area (Å²) in [5.74, 6) is -2.88. The van der Waals surface area contributed by atoms with Crippen molar-refractivity contribution in [3.8, 4) is 0 Å². The largest absolute Gasteiger partial charge is 0.464 e. The summed E-state index contributed by atoms with van der Waals surface area (Å²) in [6, 6.07) is 8.41. The molecule has 0 unspecified atom stereocenters. The Morgan fingerprint density at radius 2 is 1.96 bits per heavy atom. The molecular weight excluding hydrogens is 356 g/mol. The summed E-state index contributed by atoms with van der Waals surface area (Å²) in [7, 11) is 0. The molecule has 1 N–H and O–H groups in total. The zero-order valence-electron chi connectivity index (χ0n) is 14.6. The van der Waals surface area contributed by atoms with Crippen LogP contribution in [0.1, 0.15) is 18.1 Å². The van der Waals surface area contributed by atoms with Crippen molar-refractivity contribution in [3.05, 3.63) is 65.4 Å². The van der Waals surface area contributed by atoms with Crippen LogP contribution in [-0.2, 0) is 27.2 Å². The van der Waals surface area contributed by atoms with E-state index in [0.29, 0.717) is 11.1 Å². The molecule has 0 saturated heterocycles. The minimum atomic E-state index is -0.785. The summed E-state index contributed by atoms with van der Waals surface area (Å²) in [5, 5.41) is 2.96. The second-order valence-corrected chi connectivity index (χ2v) is 5.95. The molecule has 0 saturated carbocycles. The lowest BCUT2D eigenvalue weighted by Gasteiger charge is -2.07. The monoisotopic (exact) mass is 373 g/mol.